The Labute approximate surface area is 185 Å². The molecule has 0 atom stereocenters. The molecule has 2 saturated heterocycles. The average Bonchev–Trinajstić information content (AvgIpc) is 3.53. The van der Waals surface area contributed by atoms with Crippen LogP contribution in [0.1, 0.15) is 41.9 Å². The highest BCUT2D eigenvalue weighted by molar-refractivity contribution is 6.15. The molecule has 9 heteroatoms. The number of para-hydroxylation sites is 1. The van der Waals surface area contributed by atoms with Crippen LogP contribution in [-0.2, 0) is 17.3 Å². The number of carbonyl (C=O) groups excluding carboxylic acids is 2. The van der Waals surface area contributed by atoms with Crippen molar-refractivity contribution < 1.29 is 9.59 Å². The zero-order chi connectivity index (χ0) is 21.9. The van der Waals surface area contributed by atoms with Crippen molar-refractivity contribution in [2.75, 3.05) is 31.1 Å². The van der Waals surface area contributed by atoms with E-state index < -0.39 is 5.41 Å². The van der Waals surface area contributed by atoms with Gasteiger partial charge >= 0.3 is 0 Å². The molecule has 3 aliphatic rings. The first-order valence-corrected chi connectivity index (χ1v) is 11.2. The first-order valence-electron chi connectivity index (χ1n) is 11.2. The lowest BCUT2D eigenvalue weighted by Crippen LogP contribution is -2.46. The zero-order valence-corrected chi connectivity index (χ0v) is 18.0. The Balaban J connectivity index is 1.51. The van der Waals surface area contributed by atoms with Gasteiger partial charge in [0.2, 0.25) is 11.7 Å². The number of nitrogens with zero attached hydrogens (tertiary/aromatic N) is 6. The van der Waals surface area contributed by atoms with Crippen LogP contribution in [0.3, 0.4) is 0 Å². The molecule has 2 fully saturated rings. The molecule has 1 aromatic carbocycles. The molecular weight excluding hydrogens is 406 g/mol. The molecule has 164 valence electrons. The smallest absolute Gasteiger partial charge is 0.289 e. The van der Waals surface area contributed by atoms with E-state index in [1.807, 2.05) is 23.1 Å². The predicted octanol–water partition coefficient (Wildman–Crippen LogP) is 1.90. The van der Waals surface area contributed by atoms with Crippen molar-refractivity contribution >= 4 is 34.5 Å². The number of likely N-dealkylation sites (tertiary alicyclic amines) is 1. The normalized spacial score (nSPS) is 19.8. The highest BCUT2D eigenvalue weighted by Gasteiger charge is 2.52. The van der Waals surface area contributed by atoms with E-state index in [0.717, 1.165) is 63.1 Å². The molecule has 32 heavy (non-hydrogen) atoms. The molecule has 0 saturated carbocycles. The third-order valence-corrected chi connectivity index (χ3v) is 7.16. The van der Waals surface area contributed by atoms with Crippen LogP contribution in [-0.4, -0.2) is 62.4 Å². The van der Waals surface area contributed by atoms with Crippen LogP contribution in [0, 0.1) is 0 Å². The number of imidazole rings is 1. The minimum Gasteiger partial charge on any atom is -0.336 e. The van der Waals surface area contributed by atoms with Crippen LogP contribution in [0.15, 0.2) is 30.6 Å². The van der Waals surface area contributed by atoms with E-state index in [-0.39, 0.29) is 11.8 Å². The van der Waals surface area contributed by atoms with Crippen LogP contribution in [0.4, 0.5) is 11.5 Å². The van der Waals surface area contributed by atoms with Gasteiger partial charge in [-0.3, -0.25) is 14.5 Å². The number of anilines is 2. The number of fused-ring (bicyclic) bond motifs is 3. The standard InChI is InChI=1S/C23H25N7O2/c1-28-18-17(27-20(28)21(31)29-12-4-5-13-29)19(26-14-25-18)30-16-7-3-2-6-15(16)23(22(30)32)8-10-24-11-9-23/h2-3,6-7,14,24H,4-5,8-13H2,1H3. The lowest BCUT2D eigenvalue weighted by molar-refractivity contribution is -0.123. The third-order valence-electron chi connectivity index (χ3n) is 7.16. The van der Waals surface area contributed by atoms with E-state index in [2.05, 4.69) is 26.3 Å². The Kier molecular flexibility index (Phi) is 4.29. The molecule has 3 aromatic rings. The second kappa shape index (κ2) is 7.09. The molecule has 0 bridgehead atoms. The average molecular weight is 432 g/mol. The quantitative estimate of drug-likeness (QED) is 0.666. The lowest BCUT2D eigenvalue weighted by Gasteiger charge is -2.32. The van der Waals surface area contributed by atoms with Gasteiger partial charge in [0.25, 0.3) is 5.91 Å². The second-order valence-electron chi connectivity index (χ2n) is 8.85. The van der Waals surface area contributed by atoms with Gasteiger partial charge in [-0.1, -0.05) is 18.2 Å². The van der Waals surface area contributed by atoms with Gasteiger partial charge in [-0.15, -0.1) is 0 Å². The Morgan fingerprint density at radius 2 is 1.84 bits per heavy atom. The number of hydrogen-bond donors (Lipinski definition) is 1. The predicted molar refractivity (Wildman–Crippen MR) is 119 cm³/mol. The highest BCUT2D eigenvalue weighted by atomic mass is 16.2. The maximum absolute atomic E-state index is 13.9. The van der Waals surface area contributed by atoms with Crippen LogP contribution in [0.5, 0.6) is 0 Å². The van der Waals surface area contributed by atoms with E-state index in [1.165, 1.54) is 6.33 Å². The van der Waals surface area contributed by atoms with E-state index in [1.54, 1.807) is 16.5 Å². The fraction of sp³-hybridized carbons (Fsp3) is 0.435. The molecule has 0 aliphatic carbocycles. The van der Waals surface area contributed by atoms with Crippen molar-refractivity contribution in [1.82, 2.24) is 29.7 Å². The van der Waals surface area contributed by atoms with Crippen molar-refractivity contribution in [1.29, 1.82) is 0 Å². The molecule has 0 unspecified atom stereocenters. The van der Waals surface area contributed by atoms with Gasteiger partial charge in [0.1, 0.15) is 6.33 Å². The van der Waals surface area contributed by atoms with Crippen molar-refractivity contribution in [3.63, 3.8) is 0 Å². The summed E-state index contributed by atoms with van der Waals surface area (Å²) < 4.78 is 1.72. The third kappa shape index (κ3) is 2.57. The molecule has 3 aliphatic heterocycles. The van der Waals surface area contributed by atoms with E-state index in [9.17, 15) is 9.59 Å². The fourth-order valence-electron chi connectivity index (χ4n) is 5.46. The maximum atomic E-state index is 13.9. The summed E-state index contributed by atoms with van der Waals surface area (Å²) in [6.07, 6.45) is 4.96. The Morgan fingerprint density at radius 1 is 1.09 bits per heavy atom. The number of piperidine rings is 1. The van der Waals surface area contributed by atoms with Crippen molar-refractivity contribution in [2.45, 2.75) is 31.1 Å². The number of aryl methyl sites for hydroxylation is 1. The Hall–Kier alpha value is -3.33. The highest BCUT2D eigenvalue weighted by Crippen LogP contribution is 2.50. The van der Waals surface area contributed by atoms with Gasteiger partial charge < -0.3 is 14.8 Å². The first-order chi connectivity index (χ1) is 15.6. The molecule has 2 aromatic heterocycles. The van der Waals surface area contributed by atoms with Crippen LogP contribution >= 0.6 is 0 Å². The molecule has 0 radical (unpaired) electrons. The largest absolute Gasteiger partial charge is 0.336 e. The molecule has 9 nitrogen and oxygen atoms in total. The van der Waals surface area contributed by atoms with E-state index >= 15 is 0 Å². The monoisotopic (exact) mass is 431 g/mol. The van der Waals surface area contributed by atoms with Gasteiger partial charge in [-0.2, -0.15) is 0 Å². The summed E-state index contributed by atoms with van der Waals surface area (Å²) in [5.41, 5.74) is 2.36. The molecular formula is C23H25N7O2. The minimum atomic E-state index is -0.553. The van der Waals surface area contributed by atoms with Gasteiger partial charge in [0.05, 0.1) is 11.1 Å². The van der Waals surface area contributed by atoms with Gasteiger partial charge in [-0.25, -0.2) is 15.0 Å². The van der Waals surface area contributed by atoms with Crippen molar-refractivity contribution in [2.24, 2.45) is 7.05 Å². The SMILES string of the molecule is Cn1c(C(=O)N2CCCC2)nc2c(N3C(=O)C4(CCNCC4)c4ccccc43)ncnc21. The number of aromatic nitrogens is 4. The molecule has 5 heterocycles. The van der Waals surface area contributed by atoms with Crippen molar-refractivity contribution in [3.8, 4) is 0 Å². The topological polar surface area (TPSA) is 96.2 Å². The van der Waals surface area contributed by atoms with Gasteiger partial charge in [-0.05, 0) is 50.4 Å². The molecule has 2 amide bonds. The van der Waals surface area contributed by atoms with E-state index in [4.69, 9.17) is 0 Å². The summed E-state index contributed by atoms with van der Waals surface area (Å²) >= 11 is 0. The van der Waals surface area contributed by atoms with Crippen LogP contribution < -0.4 is 10.2 Å². The molecule has 1 N–H and O–H groups in total. The van der Waals surface area contributed by atoms with Crippen LogP contribution in [0.25, 0.3) is 11.2 Å². The van der Waals surface area contributed by atoms with Gasteiger partial charge in [0, 0.05) is 20.1 Å². The summed E-state index contributed by atoms with van der Waals surface area (Å²) in [4.78, 5) is 44.1. The Bertz CT molecular complexity index is 1240. The summed E-state index contributed by atoms with van der Waals surface area (Å²) in [5, 5.41) is 3.37. The number of nitrogens with one attached hydrogen (secondary N) is 1. The van der Waals surface area contributed by atoms with E-state index in [0.29, 0.717) is 22.8 Å². The molecule has 1 spiro atoms. The maximum Gasteiger partial charge on any atom is 0.289 e. The summed E-state index contributed by atoms with van der Waals surface area (Å²) in [6.45, 7) is 3.08. The number of hydrogen-bond acceptors (Lipinski definition) is 6. The number of amides is 2. The fourth-order valence-corrected chi connectivity index (χ4v) is 5.46. The number of rotatable bonds is 2. The molecule has 6 rings (SSSR count). The minimum absolute atomic E-state index is 0.0262. The Morgan fingerprint density at radius 3 is 2.62 bits per heavy atom. The number of carbonyl (C=O) groups is 2. The second-order valence-corrected chi connectivity index (χ2v) is 8.85. The summed E-state index contributed by atoms with van der Waals surface area (Å²) in [5.74, 6) is 0.703. The van der Waals surface area contributed by atoms with Crippen LogP contribution in [0.2, 0.25) is 0 Å². The van der Waals surface area contributed by atoms with Gasteiger partial charge in [0.15, 0.2) is 17.0 Å². The first kappa shape index (κ1) is 19.4. The summed E-state index contributed by atoms with van der Waals surface area (Å²) in [7, 11) is 1.80. The number of benzene rings is 1. The van der Waals surface area contributed by atoms with Crippen molar-refractivity contribution in [3.05, 3.63) is 42.0 Å². The summed E-state index contributed by atoms with van der Waals surface area (Å²) in [6, 6.07) is 7.95. The zero-order valence-electron chi connectivity index (χ0n) is 18.0. The lowest BCUT2D eigenvalue weighted by atomic mass is 9.74.